The lowest BCUT2D eigenvalue weighted by molar-refractivity contribution is -0.145. The van der Waals surface area contributed by atoms with Crippen LogP contribution in [0.2, 0.25) is 0 Å². The van der Waals surface area contributed by atoms with E-state index in [-0.39, 0.29) is 19.8 Å². The molecule has 0 saturated carbocycles. The minimum absolute atomic E-state index is 0.0773. The summed E-state index contributed by atoms with van der Waals surface area (Å²) >= 11 is 0. The lowest BCUT2D eigenvalue weighted by Crippen LogP contribution is -2.44. The predicted octanol–water partition coefficient (Wildman–Crippen LogP) is 1.32. The van der Waals surface area contributed by atoms with E-state index in [2.05, 4.69) is 5.32 Å². The first-order chi connectivity index (χ1) is 6.83. The maximum atomic E-state index is 11.7. The van der Waals surface area contributed by atoms with Crippen LogP contribution in [0.25, 0.3) is 0 Å². The first-order valence-electron chi connectivity index (χ1n) is 4.77. The molecule has 1 unspecified atom stereocenters. The Kier molecular flexibility index (Phi) is 6.16. The summed E-state index contributed by atoms with van der Waals surface area (Å²) in [4.78, 5) is 0. The molecule has 0 spiro atoms. The van der Waals surface area contributed by atoms with Gasteiger partial charge in [-0.1, -0.05) is 0 Å². The maximum absolute atomic E-state index is 11.7. The smallest absolute Gasteiger partial charge is 0.391 e. The van der Waals surface area contributed by atoms with E-state index in [1.807, 2.05) is 0 Å². The molecule has 6 heteroatoms. The molecule has 2 N–H and O–H groups in total. The number of likely N-dealkylation sites (N-methyl/N-ethyl adjacent to an activating group) is 1. The van der Waals surface area contributed by atoms with Crippen molar-refractivity contribution < 1.29 is 23.0 Å². The Labute approximate surface area is 87.6 Å². The van der Waals surface area contributed by atoms with Crippen molar-refractivity contribution in [2.45, 2.75) is 31.5 Å². The van der Waals surface area contributed by atoms with Crippen molar-refractivity contribution in [3.05, 3.63) is 0 Å². The molecule has 0 aliphatic carbocycles. The molecule has 0 radical (unpaired) electrons. The first-order valence-corrected chi connectivity index (χ1v) is 4.77. The molecule has 92 valence electrons. The molecule has 0 aliphatic rings. The number of ether oxygens (including phenoxy) is 1. The maximum Gasteiger partial charge on any atom is 0.391 e. The summed E-state index contributed by atoms with van der Waals surface area (Å²) in [6, 6.07) is 0. The summed E-state index contributed by atoms with van der Waals surface area (Å²) in [6.07, 6.45) is -4.62. The second kappa shape index (κ2) is 6.30. The van der Waals surface area contributed by atoms with E-state index < -0.39 is 18.1 Å². The van der Waals surface area contributed by atoms with Gasteiger partial charge in [-0.15, -0.1) is 0 Å². The highest BCUT2D eigenvalue weighted by Crippen LogP contribution is 2.19. The van der Waals surface area contributed by atoms with Crippen molar-refractivity contribution >= 4 is 0 Å². The second-order valence-electron chi connectivity index (χ2n) is 3.70. The Hall–Kier alpha value is -0.330. The molecular formula is C9H18F3NO2. The van der Waals surface area contributed by atoms with E-state index in [1.54, 1.807) is 14.0 Å². The Balaban J connectivity index is 3.54. The van der Waals surface area contributed by atoms with Crippen LogP contribution in [0.15, 0.2) is 0 Å². The van der Waals surface area contributed by atoms with E-state index in [0.29, 0.717) is 6.42 Å². The molecule has 0 amide bonds. The van der Waals surface area contributed by atoms with Gasteiger partial charge in [0.15, 0.2) is 0 Å². The molecule has 3 nitrogen and oxygen atoms in total. The van der Waals surface area contributed by atoms with Crippen molar-refractivity contribution in [2.75, 3.05) is 26.9 Å². The highest BCUT2D eigenvalue weighted by atomic mass is 19.4. The number of aliphatic hydroxyl groups is 1. The van der Waals surface area contributed by atoms with Gasteiger partial charge in [-0.25, -0.2) is 0 Å². The zero-order valence-corrected chi connectivity index (χ0v) is 9.02. The zero-order valence-electron chi connectivity index (χ0n) is 9.02. The van der Waals surface area contributed by atoms with E-state index in [1.165, 1.54) is 0 Å². The number of hydrogen-bond donors (Lipinski definition) is 2. The molecule has 15 heavy (non-hydrogen) atoms. The minimum Gasteiger partial charge on any atom is -0.394 e. The third kappa shape index (κ3) is 7.58. The summed E-state index contributed by atoms with van der Waals surface area (Å²) < 4.78 is 40.0. The van der Waals surface area contributed by atoms with Gasteiger partial charge in [0.1, 0.15) is 0 Å². The standard InChI is InChI=1S/C9H18F3NO2/c1-8(7-14,13-2)3-5-15-6-4-9(10,11)12/h13-14H,3-7H2,1-2H3. The Morgan fingerprint density at radius 3 is 2.13 bits per heavy atom. The van der Waals surface area contributed by atoms with Crippen molar-refractivity contribution in [3.63, 3.8) is 0 Å². The van der Waals surface area contributed by atoms with Crippen LogP contribution in [0.3, 0.4) is 0 Å². The Morgan fingerprint density at radius 2 is 1.73 bits per heavy atom. The number of alkyl halides is 3. The molecule has 0 saturated heterocycles. The fourth-order valence-electron chi connectivity index (χ4n) is 0.871. The lowest BCUT2D eigenvalue weighted by atomic mass is 10.0. The number of nitrogens with one attached hydrogen (secondary N) is 1. The van der Waals surface area contributed by atoms with E-state index in [9.17, 15) is 13.2 Å². The second-order valence-corrected chi connectivity index (χ2v) is 3.70. The van der Waals surface area contributed by atoms with Crippen LogP contribution in [-0.4, -0.2) is 43.7 Å². The van der Waals surface area contributed by atoms with Gasteiger partial charge in [-0.2, -0.15) is 13.2 Å². The largest absolute Gasteiger partial charge is 0.394 e. The fourth-order valence-corrected chi connectivity index (χ4v) is 0.871. The average molecular weight is 229 g/mol. The van der Waals surface area contributed by atoms with Gasteiger partial charge in [0.2, 0.25) is 0 Å². The molecule has 0 aliphatic heterocycles. The highest BCUT2D eigenvalue weighted by molar-refractivity contribution is 4.79. The van der Waals surface area contributed by atoms with Crippen LogP contribution in [0, 0.1) is 0 Å². The van der Waals surface area contributed by atoms with Crippen LogP contribution in [0.5, 0.6) is 0 Å². The Morgan fingerprint density at radius 1 is 1.20 bits per heavy atom. The third-order valence-corrected chi connectivity index (χ3v) is 2.28. The van der Waals surface area contributed by atoms with Crippen LogP contribution >= 0.6 is 0 Å². The molecule has 0 aromatic carbocycles. The van der Waals surface area contributed by atoms with Gasteiger partial charge in [-0.05, 0) is 20.4 Å². The molecule has 0 fully saturated rings. The monoisotopic (exact) mass is 229 g/mol. The van der Waals surface area contributed by atoms with Gasteiger partial charge in [0.05, 0.1) is 19.6 Å². The number of rotatable bonds is 7. The molecule has 0 aromatic rings. The minimum atomic E-state index is -4.16. The van der Waals surface area contributed by atoms with E-state index in [0.717, 1.165) is 0 Å². The van der Waals surface area contributed by atoms with Crippen molar-refractivity contribution in [1.82, 2.24) is 5.32 Å². The molecule has 0 heterocycles. The fraction of sp³-hybridized carbons (Fsp3) is 1.00. The third-order valence-electron chi connectivity index (χ3n) is 2.28. The number of aliphatic hydroxyl groups excluding tert-OH is 1. The first kappa shape index (κ1) is 14.7. The zero-order chi connectivity index (χ0) is 11.9. The van der Waals surface area contributed by atoms with Crippen LogP contribution in [0.4, 0.5) is 13.2 Å². The average Bonchev–Trinajstić information content (AvgIpc) is 2.15. The Bertz CT molecular complexity index is 169. The molecule has 0 aromatic heterocycles. The molecule has 0 bridgehead atoms. The van der Waals surface area contributed by atoms with Crippen LogP contribution in [-0.2, 0) is 4.74 Å². The summed E-state index contributed by atoms with van der Waals surface area (Å²) in [5, 5.41) is 11.9. The van der Waals surface area contributed by atoms with E-state index >= 15 is 0 Å². The van der Waals surface area contributed by atoms with Gasteiger partial charge >= 0.3 is 6.18 Å². The summed E-state index contributed by atoms with van der Waals surface area (Å²) in [5.74, 6) is 0. The highest BCUT2D eigenvalue weighted by Gasteiger charge is 2.26. The molecule has 0 rings (SSSR count). The summed E-state index contributed by atoms with van der Waals surface area (Å²) in [5.41, 5.74) is -0.488. The van der Waals surface area contributed by atoms with Gasteiger partial charge in [-0.3, -0.25) is 0 Å². The quantitative estimate of drug-likeness (QED) is 0.647. The SMILES string of the molecule is CNC(C)(CO)CCOCCC(F)(F)F. The van der Waals surface area contributed by atoms with Crippen molar-refractivity contribution in [1.29, 1.82) is 0 Å². The van der Waals surface area contributed by atoms with Crippen molar-refractivity contribution in [3.8, 4) is 0 Å². The number of halogens is 3. The lowest BCUT2D eigenvalue weighted by Gasteiger charge is -2.26. The van der Waals surface area contributed by atoms with Gasteiger partial charge in [0.25, 0.3) is 0 Å². The molecule has 1 atom stereocenters. The molecular weight excluding hydrogens is 211 g/mol. The summed E-state index contributed by atoms with van der Waals surface area (Å²) in [6.45, 7) is 1.58. The predicted molar refractivity (Wildman–Crippen MR) is 50.7 cm³/mol. The van der Waals surface area contributed by atoms with E-state index in [4.69, 9.17) is 9.84 Å². The normalized spacial score (nSPS) is 16.4. The van der Waals surface area contributed by atoms with Crippen LogP contribution in [0.1, 0.15) is 19.8 Å². The van der Waals surface area contributed by atoms with Gasteiger partial charge < -0.3 is 15.2 Å². The topological polar surface area (TPSA) is 41.5 Å². The summed E-state index contributed by atoms with van der Waals surface area (Å²) in [7, 11) is 1.69. The van der Waals surface area contributed by atoms with Crippen molar-refractivity contribution in [2.24, 2.45) is 0 Å². The van der Waals surface area contributed by atoms with Gasteiger partial charge in [0, 0.05) is 12.1 Å². The van der Waals surface area contributed by atoms with Crippen LogP contribution < -0.4 is 5.32 Å². The number of hydrogen-bond acceptors (Lipinski definition) is 3.